The molecule has 2 rings (SSSR count). The molecule has 0 aliphatic carbocycles. The van der Waals surface area contributed by atoms with Crippen molar-refractivity contribution in [2.24, 2.45) is 11.1 Å². The first-order valence-corrected chi connectivity index (χ1v) is 6.20. The number of aliphatic hydroxyl groups excluding tert-OH is 1. The Morgan fingerprint density at radius 2 is 2.29 bits per heavy atom. The molecule has 1 aromatic carbocycles. The van der Waals surface area contributed by atoms with Gasteiger partial charge in [-0.3, -0.25) is 0 Å². The molecule has 1 aliphatic heterocycles. The maximum Gasteiger partial charge on any atom is 0.133 e. The normalized spacial score (nSPS) is 19.5. The molecule has 1 fully saturated rings. The van der Waals surface area contributed by atoms with Gasteiger partial charge in [0, 0.05) is 6.04 Å². The van der Waals surface area contributed by atoms with Crippen LogP contribution in [0.3, 0.4) is 0 Å². The predicted molar refractivity (Wildman–Crippen MR) is 68.0 cm³/mol. The molecule has 0 saturated carbocycles. The standard InChI is InChI=1S/C12H16BrNO3/c1-16-10-3-2-8(4-9(10)13)11(14)12(5-15)6-17-7-12/h2-4,11,15H,5-7,14H2,1H3. The number of hydrogen-bond acceptors (Lipinski definition) is 4. The van der Waals surface area contributed by atoms with Crippen LogP contribution in [-0.4, -0.2) is 32.0 Å². The highest BCUT2D eigenvalue weighted by Crippen LogP contribution is 2.40. The highest BCUT2D eigenvalue weighted by Gasteiger charge is 2.44. The minimum Gasteiger partial charge on any atom is -0.496 e. The van der Waals surface area contributed by atoms with E-state index in [0.29, 0.717) is 13.2 Å². The molecule has 0 radical (unpaired) electrons. The van der Waals surface area contributed by atoms with Crippen LogP contribution in [0, 0.1) is 5.41 Å². The molecule has 1 atom stereocenters. The van der Waals surface area contributed by atoms with Crippen molar-refractivity contribution in [1.82, 2.24) is 0 Å². The molecular formula is C12H16BrNO3. The minimum absolute atomic E-state index is 0.0395. The molecule has 17 heavy (non-hydrogen) atoms. The first kappa shape index (κ1) is 12.8. The van der Waals surface area contributed by atoms with Gasteiger partial charge in [-0.15, -0.1) is 0 Å². The van der Waals surface area contributed by atoms with Crippen LogP contribution in [0.1, 0.15) is 11.6 Å². The van der Waals surface area contributed by atoms with E-state index < -0.39 is 0 Å². The fraction of sp³-hybridized carbons (Fsp3) is 0.500. The van der Waals surface area contributed by atoms with Gasteiger partial charge in [0.1, 0.15) is 5.75 Å². The lowest BCUT2D eigenvalue weighted by Crippen LogP contribution is -2.52. The third-order valence-corrected chi connectivity index (χ3v) is 3.91. The van der Waals surface area contributed by atoms with Gasteiger partial charge in [0.2, 0.25) is 0 Å². The van der Waals surface area contributed by atoms with Gasteiger partial charge >= 0.3 is 0 Å². The Bertz CT molecular complexity index is 401. The molecule has 1 heterocycles. The Hall–Kier alpha value is -0.620. The first-order chi connectivity index (χ1) is 8.13. The van der Waals surface area contributed by atoms with Crippen molar-refractivity contribution in [3.63, 3.8) is 0 Å². The monoisotopic (exact) mass is 301 g/mol. The molecule has 1 aliphatic rings. The highest BCUT2D eigenvalue weighted by molar-refractivity contribution is 9.10. The third-order valence-electron chi connectivity index (χ3n) is 3.29. The summed E-state index contributed by atoms with van der Waals surface area (Å²) in [5.74, 6) is 0.767. The predicted octanol–water partition coefficient (Wildman–Crippen LogP) is 1.47. The minimum atomic E-state index is -0.339. The van der Waals surface area contributed by atoms with E-state index in [-0.39, 0.29) is 18.1 Å². The van der Waals surface area contributed by atoms with E-state index in [9.17, 15) is 5.11 Å². The Morgan fingerprint density at radius 1 is 1.59 bits per heavy atom. The largest absolute Gasteiger partial charge is 0.496 e. The second kappa shape index (κ2) is 4.94. The Balaban J connectivity index is 2.25. The van der Waals surface area contributed by atoms with Crippen molar-refractivity contribution in [1.29, 1.82) is 0 Å². The van der Waals surface area contributed by atoms with Crippen LogP contribution in [0.5, 0.6) is 5.75 Å². The van der Waals surface area contributed by atoms with Crippen molar-refractivity contribution < 1.29 is 14.6 Å². The number of hydrogen-bond donors (Lipinski definition) is 2. The molecule has 0 spiro atoms. The summed E-state index contributed by atoms with van der Waals surface area (Å²) in [6, 6.07) is 5.48. The number of nitrogens with two attached hydrogens (primary N) is 1. The summed E-state index contributed by atoms with van der Waals surface area (Å²) in [5.41, 5.74) is 6.83. The third kappa shape index (κ3) is 2.20. The number of methoxy groups -OCH3 is 1. The fourth-order valence-electron chi connectivity index (χ4n) is 1.96. The van der Waals surface area contributed by atoms with Crippen LogP contribution in [0.4, 0.5) is 0 Å². The lowest BCUT2D eigenvalue weighted by Gasteiger charge is -2.44. The van der Waals surface area contributed by atoms with Crippen molar-refractivity contribution >= 4 is 15.9 Å². The van der Waals surface area contributed by atoms with Crippen molar-refractivity contribution in [3.05, 3.63) is 28.2 Å². The zero-order chi connectivity index (χ0) is 12.5. The average Bonchev–Trinajstić information content (AvgIpc) is 2.28. The second-order valence-corrected chi connectivity index (χ2v) is 5.24. The van der Waals surface area contributed by atoms with Crippen LogP contribution in [-0.2, 0) is 4.74 Å². The van der Waals surface area contributed by atoms with E-state index in [0.717, 1.165) is 15.8 Å². The number of ether oxygens (including phenoxy) is 2. The van der Waals surface area contributed by atoms with Gasteiger partial charge in [-0.05, 0) is 33.6 Å². The number of halogens is 1. The molecule has 4 nitrogen and oxygen atoms in total. The lowest BCUT2D eigenvalue weighted by molar-refractivity contribution is -0.150. The van der Waals surface area contributed by atoms with Crippen LogP contribution >= 0.6 is 15.9 Å². The van der Waals surface area contributed by atoms with Crippen LogP contribution in [0.2, 0.25) is 0 Å². The first-order valence-electron chi connectivity index (χ1n) is 5.40. The smallest absolute Gasteiger partial charge is 0.133 e. The van der Waals surface area contributed by atoms with E-state index in [1.807, 2.05) is 18.2 Å². The van der Waals surface area contributed by atoms with E-state index in [2.05, 4.69) is 15.9 Å². The van der Waals surface area contributed by atoms with Crippen molar-refractivity contribution in [3.8, 4) is 5.75 Å². The molecule has 5 heteroatoms. The summed E-state index contributed by atoms with van der Waals surface area (Å²) >= 11 is 3.43. The van der Waals surface area contributed by atoms with Gasteiger partial charge in [0.15, 0.2) is 0 Å². The summed E-state index contributed by atoms with van der Waals surface area (Å²) in [6.07, 6.45) is 0. The maximum absolute atomic E-state index is 9.44. The van der Waals surface area contributed by atoms with E-state index in [4.69, 9.17) is 15.2 Å². The molecule has 0 aromatic heterocycles. The Morgan fingerprint density at radius 3 is 2.71 bits per heavy atom. The summed E-state index contributed by atoms with van der Waals surface area (Å²) in [4.78, 5) is 0. The molecule has 0 amide bonds. The summed E-state index contributed by atoms with van der Waals surface area (Å²) < 4.78 is 11.2. The van der Waals surface area contributed by atoms with Crippen LogP contribution in [0.25, 0.3) is 0 Å². The molecule has 1 aromatic rings. The summed E-state index contributed by atoms with van der Waals surface area (Å²) in [5, 5.41) is 9.44. The maximum atomic E-state index is 9.44. The van der Waals surface area contributed by atoms with Crippen molar-refractivity contribution in [2.75, 3.05) is 26.9 Å². The van der Waals surface area contributed by atoms with Gasteiger partial charge < -0.3 is 20.3 Å². The van der Waals surface area contributed by atoms with E-state index in [1.54, 1.807) is 7.11 Å². The van der Waals surface area contributed by atoms with Crippen molar-refractivity contribution in [2.45, 2.75) is 6.04 Å². The fourth-order valence-corrected chi connectivity index (χ4v) is 2.52. The molecule has 94 valence electrons. The van der Waals surface area contributed by atoms with Crippen LogP contribution < -0.4 is 10.5 Å². The molecule has 0 bridgehead atoms. The van der Waals surface area contributed by atoms with E-state index >= 15 is 0 Å². The van der Waals surface area contributed by atoms with Crippen LogP contribution in [0.15, 0.2) is 22.7 Å². The zero-order valence-electron chi connectivity index (χ0n) is 9.65. The molecule has 1 saturated heterocycles. The Kier molecular flexibility index (Phi) is 3.73. The molecular weight excluding hydrogens is 286 g/mol. The summed E-state index contributed by atoms with van der Waals surface area (Å²) in [6.45, 7) is 1.06. The summed E-state index contributed by atoms with van der Waals surface area (Å²) in [7, 11) is 1.62. The van der Waals surface area contributed by atoms with Gasteiger partial charge in [-0.1, -0.05) is 6.07 Å². The quantitative estimate of drug-likeness (QED) is 0.884. The number of benzene rings is 1. The molecule has 1 unspecified atom stereocenters. The second-order valence-electron chi connectivity index (χ2n) is 4.38. The zero-order valence-corrected chi connectivity index (χ0v) is 11.2. The van der Waals surface area contributed by atoms with Gasteiger partial charge in [-0.2, -0.15) is 0 Å². The van der Waals surface area contributed by atoms with Gasteiger partial charge in [-0.25, -0.2) is 0 Å². The van der Waals surface area contributed by atoms with Gasteiger partial charge in [0.25, 0.3) is 0 Å². The topological polar surface area (TPSA) is 64.7 Å². The average molecular weight is 302 g/mol. The Labute approximate surface area is 109 Å². The lowest BCUT2D eigenvalue weighted by atomic mass is 9.76. The SMILES string of the molecule is COc1ccc(C(N)C2(CO)COC2)cc1Br. The number of rotatable bonds is 4. The highest BCUT2D eigenvalue weighted by atomic mass is 79.9. The molecule has 3 N–H and O–H groups in total. The van der Waals surface area contributed by atoms with E-state index in [1.165, 1.54) is 0 Å². The number of aliphatic hydroxyl groups is 1. The van der Waals surface area contributed by atoms with Gasteiger partial charge in [0.05, 0.1) is 36.8 Å².